The molecule has 3 unspecified atom stereocenters. The average Bonchev–Trinajstić information content (AvgIpc) is 2.72. The van der Waals surface area contributed by atoms with Gasteiger partial charge in [0.1, 0.15) is 5.82 Å². The van der Waals surface area contributed by atoms with Gasteiger partial charge < -0.3 is 5.32 Å². The zero-order valence-corrected chi connectivity index (χ0v) is 10.6. The van der Waals surface area contributed by atoms with E-state index in [1.54, 1.807) is 12.3 Å². The Kier molecular flexibility index (Phi) is 4.11. The van der Waals surface area contributed by atoms with E-state index in [0.717, 1.165) is 23.9 Å². The average molecular weight is 236 g/mol. The molecule has 2 nitrogen and oxygen atoms in total. The molecular weight excluding hydrogens is 215 g/mol. The topological polar surface area (TPSA) is 24.9 Å². The van der Waals surface area contributed by atoms with Crippen molar-refractivity contribution in [3.05, 3.63) is 29.8 Å². The van der Waals surface area contributed by atoms with Crippen LogP contribution in [0.25, 0.3) is 0 Å². The highest BCUT2D eigenvalue weighted by Crippen LogP contribution is 2.30. The Morgan fingerprint density at radius 2 is 2.29 bits per heavy atom. The van der Waals surface area contributed by atoms with Gasteiger partial charge in [0.25, 0.3) is 0 Å². The molecule has 0 saturated heterocycles. The van der Waals surface area contributed by atoms with Gasteiger partial charge in [-0.2, -0.15) is 0 Å². The molecule has 0 bridgehead atoms. The van der Waals surface area contributed by atoms with Crippen molar-refractivity contribution in [1.29, 1.82) is 0 Å². The first-order valence-electron chi connectivity index (χ1n) is 6.50. The summed E-state index contributed by atoms with van der Waals surface area (Å²) >= 11 is 0. The minimum Gasteiger partial charge on any atom is -0.310 e. The van der Waals surface area contributed by atoms with Crippen LogP contribution in [-0.2, 0) is 0 Å². The summed E-state index contributed by atoms with van der Waals surface area (Å²) in [6.07, 6.45) is 7.00. The van der Waals surface area contributed by atoms with Crippen LogP contribution in [0.5, 0.6) is 0 Å². The van der Waals surface area contributed by atoms with Crippen LogP contribution in [-0.4, -0.2) is 11.5 Å². The van der Waals surface area contributed by atoms with Gasteiger partial charge in [0.15, 0.2) is 0 Å². The Morgan fingerprint density at radius 1 is 1.47 bits per heavy atom. The maximum atomic E-state index is 13.0. The molecule has 1 fully saturated rings. The fourth-order valence-electron chi connectivity index (χ4n) is 2.64. The fourth-order valence-corrected chi connectivity index (χ4v) is 2.64. The van der Waals surface area contributed by atoms with Crippen molar-refractivity contribution in [2.45, 2.75) is 39.2 Å². The smallest absolute Gasteiger partial charge is 0.141 e. The number of rotatable bonds is 4. The van der Waals surface area contributed by atoms with Gasteiger partial charge in [-0.25, -0.2) is 4.39 Å². The first-order valence-corrected chi connectivity index (χ1v) is 6.50. The van der Waals surface area contributed by atoms with Crippen LogP contribution in [0, 0.1) is 17.7 Å². The van der Waals surface area contributed by atoms with Crippen molar-refractivity contribution in [3.8, 4) is 0 Å². The second kappa shape index (κ2) is 5.58. The summed E-state index contributed by atoms with van der Waals surface area (Å²) < 4.78 is 13.0. The number of halogens is 1. The van der Waals surface area contributed by atoms with E-state index in [4.69, 9.17) is 0 Å². The van der Waals surface area contributed by atoms with Crippen molar-refractivity contribution >= 4 is 0 Å². The molecule has 0 radical (unpaired) electrons. The number of hydrogen-bond donors (Lipinski definition) is 1. The van der Waals surface area contributed by atoms with Gasteiger partial charge in [-0.1, -0.05) is 19.8 Å². The van der Waals surface area contributed by atoms with E-state index < -0.39 is 0 Å². The van der Waals surface area contributed by atoms with E-state index in [1.165, 1.54) is 25.5 Å². The zero-order chi connectivity index (χ0) is 12.3. The molecule has 0 aliphatic heterocycles. The lowest BCUT2D eigenvalue weighted by atomic mass is 9.97. The van der Waals surface area contributed by atoms with E-state index in [9.17, 15) is 4.39 Å². The molecule has 2 rings (SSSR count). The van der Waals surface area contributed by atoms with Crippen LogP contribution >= 0.6 is 0 Å². The Balaban J connectivity index is 1.86. The minimum absolute atomic E-state index is 0.172. The van der Waals surface area contributed by atoms with E-state index in [-0.39, 0.29) is 11.9 Å². The van der Waals surface area contributed by atoms with Crippen LogP contribution in [0.4, 0.5) is 4.39 Å². The summed E-state index contributed by atoms with van der Waals surface area (Å²) in [5, 5.41) is 3.49. The lowest BCUT2D eigenvalue weighted by Gasteiger charge is -2.20. The first-order chi connectivity index (χ1) is 8.16. The highest BCUT2D eigenvalue weighted by Gasteiger charge is 2.23. The van der Waals surface area contributed by atoms with Gasteiger partial charge in [-0.05, 0) is 43.4 Å². The molecule has 1 aliphatic rings. The predicted octanol–water partition coefficient (Wildman–Crippen LogP) is 3.31. The SMILES string of the molecule is CC(NCC1CCCC1C)c1cncc(F)c1. The standard InChI is InChI=1S/C14H21FN2/c1-10-4-3-5-12(10)8-17-11(2)13-6-14(15)9-16-7-13/h6-7,9-12,17H,3-5,8H2,1-2H3. The maximum absolute atomic E-state index is 13.0. The summed E-state index contributed by atoms with van der Waals surface area (Å²) in [6, 6.07) is 1.73. The van der Waals surface area contributed by atoms with Crippen LogP contribution in [0.15, 0.2) is 18.5 Å². The minimum atomic E-state index is -0.259. The molecule has 3 heteroatoms. The number of pyridine rings is 1. The van der Waals surface area contributed by atoms with Crippen LogP contribution < -0.4 is 5.32 Å². The molecule has 94 valence electrons. The molecule has 17 heavy (non-hydrogen) atoms. The molecule has 1 aromatic heterocycles. The van der Waals surface area contributed by atoms with E-state index >= 15 is 0 Å². The van der Waals surface area contributed by atoms with E-state index in [1.807, 2.05) is 0 Å². The number of hydrogen-bond acceptors (Lipinski definition) is 2. The number of aromatic nitrogens is 1. The highest BCUT2D eigenvalue weighted by molar-refractivity contribution is 5.14. The molecule has 1 saturated carbocycles. The van der Waals surface area contributed by atoms with Gasteiger partial charge in [-0.15, -0.1) is 0 Å². The van der Waals surface area contributed by atoms with Gasteiger partial charge in [-0.3, -0.25) is 4.98 Å². The highest BCUT2D eigenvalue weighted by atomic mass is 19.1. The fraction of sp³-hybridized carbons (Fsp3) is 0.643. The Morgan fingerprint density at radius 3 is 2.94 bits per heavy atom. The van der Waals surface area contributed by atoms with Crippen molar-refractivity contribution < 1.29 is 4.39 Å². The molecule has 3 atom stereocenters. The van der Waals surface area contributed by atoms with Gasteiger partial charge in [0, 0.05) is 12.2 Å². The monoisotopic (exact) mass is 236 g/mol. The Bertz CT molecular complexity index is 367. The summed E-state index contributed by atoms with van der Waals surface area (Å²) in [7, 11) is 0. The van der Waals surface area contributed by atoms with E-state index in [2.05, 4.69) is 24.1 Å². The van der Waals surface area contributed by atoms with Gasteiger partial charge >= 0.3 is 0 Å². The van der Waals surface area contributed by atoms with Crippen molar-refractivity contribution in [2.24, 2.45) is 11.8 Å². The van der Waals surface area contributed by atoms with Crippen LogP contribution in [0.3, 0.4) is 0 Å². The summed E-state index contributed by atoms with van der Waals surface area (Å²) in [5.74, 6) is 1.34. The zero-order valence-electron chi connectivity index (χ0n) is 10.6. The summed E-state index contributed by atoms with van der Waals surface area (Å²) in [5.41, 5.74) is 0.927. The third kappa shape index (κ3) is 3.25. The first kappa shape index (κ1) is 12.5. The quantitative estimate of drug-likeness (QED) is 0.867. The van der Waals surface area contributed by atoms with Crippen LogP contribution in [0.1, 0.15) is 44.7 Å². The summed E-state index contributed by atoms with van der Waals surface area (Å²) in [4.78, 5) is 3.89. The molecule has 0 amide bonds. The second-order valence-electron chi connectivity index (χ2n) is 5.23. The Labute approximate surface area is 103 Å². The third-order valence-electron chi connectivity index (χ3n) is 3.95. The lowest BCUT2D eigenvalue weighted by molar-refractivity contribution is 0.374. The molecular formula is C14H21FN2. The number of nitrogens with one attached hydrogen (secondary N) is 1. The van der Waals surface area contributed by atoms with Crippen molar-refractivity contribution in [1.82, 2.24) is 10.3 Å². The third-order valence-corrected chi connectivity index (χ3v) is 3.95. The largest absolute Gasteiger partial charge is 0.310 e. The van der Waals surface area contributed by atoms with Gasteiger partial charge in [0.05, 0.1) is 6.20 Å². The number of nitrogens with zero attached hydrogens (tertiary/aromatic N) is 1. The molecule has 1 heterocycles. The summed E-state index contributed by atoms with van der Waals surface area (Å²) in [6.45, 7) is 5.42. The maximum Gasteiger partial charge on any atom is 0.141 e. The van der Waals surface area contributed by atoms with Crippen LogP contribution in [0.2, 0.25) is 0 Å². The Hall–Kier alpha value is -0.960. The predicted molar refractivity (Wildman–Crippen MR) is 67.1 cm³/mol. The lowest BCUT2D eigenvalue weighted by Crippen LogP contribution is -2.27. The normalized spacial score (nSPS) is 26.1. The molecule has 1 N–H and O–H groups in total. The van der Waals surface area contributed by atoms with Crippen molar-refractivity contribution in [3.63, 3.8) is 0 Å². The second-order valence-corrected chi connectivity index (χ2v) is 5.23. The van der Waals surface area contributed by atoms with Gasteiger partial charge in [0.2, 0.25) is 0 Å². The molecule has 0 spiro atoms. The van der Waals surface area contributed by atoms with E-state index in [0.29, 0.717) is 0 Å². The van der Waals surface area contributed by atoms with Crippen molar-refractivity contribution in [2.75, 3.05) is 6.54 Å². The molecule has 1 aromatic rings. The molecule has 0 aromatic carbocycles. The molecule has 1 aliphatic carbocycles.